The summed E-state index contributed by atoms with van der Waals surface area (Å²) in [7, 11) is 3.14. The molecule has 0 saturated heterocycles. The highest BCUT2D eigenvalue weighted by Crippen LogP contribution is 2.37. The largest absolute Gasteiger partial charge is 0.497 e. The number of carbonyl (C=O) groups is 2. The van der Waals surface area contributed by atoms with Crippen LogP contribution in [0, 0.1) is 0 Å². The van der Waals surface area contributed by atoms with Crippen LogP contribution in [-0.4, -0.2) is 36.2 Å². The molecule has 0 atom stereocenters. The first kappa shape index (κ1) is 23.8. The predicted molar refractivity (Wildman–Crippen MR) is 133 cm³/mol. The van der Waals surface area contributed by atoms with Gasteiger partial charge in [-0.25, -0.2) is 9.78 Å². The lowest BCUT2D eigenvalue weighted by molar-refractivity contribution is 0.0696. The third-order valence-corrected chi connectivity index (χ3v) is 6.09. The van der Waals surface area contributed by atoms with E-state index in [2.05, 4.69) is 10.3 Å². The van der Waals surface area contributed by atoms with Crippen LogP contribution in [0.15, 0.2) is 72.9 Å². The number of carboxylic acids is 1. The highest BCUT2D eigenvalue weighted by Gasteiger charge is 2.16. The highest BCUT2D eigenvalue weighted by atomic mass is 32.1. The Morgan fingerprint density at radius 1 is 0.943 bits per heavy atom. The molecule has 0 fully saturated rings. The molecule has 0 spiro atoms. The lowest BCUT2D eigenvalue weighted by atomic mass is 10.1. The molecule has 1 heterocycles. The van der Waals surface area contributed by atoms with Crippen molar-refractivity contribution >= 4 is 28.3 Å². The van der Waals surface area contributed by atoms with E-state index < -0.39 is 5.97 Å². The number of benzene rings is 3. The number of thiazole rings is 1. The maximum atomic E-state index is 12.6. The van der Waals surface area contributed by atoms with E-state index in [0.717, 1.165) is 5.56 Å². The van der Waals surface area contributed by atoms with Crippen molar-refractivity contribution in [2.24, 2.45) is 0 Å². The maximum absolute atomic E-state index is 12.6. The number of amides is 1. The zero-order valence-corrected chi connectivity index (χ0v) is 19.8. The molecule has 4 aromatic rings. The fourth-order valence-corrected chi connectivity index (χ4v) is 4.17. The number of methoxy groups -OCH3 is 2. The third-order valence-electron chi connectivity index (χ3n) is 5.15. The van der Waals surface area contributed by atoms with Crippen LogP contribution in [-0.2, 0) is 6.61 Å². The Bertz CT molecular complexity index is 1350. The van der Waals surface area contributed by atoms with Gasteiger partial charge < -0.3 is 19.3 Å². The number of carboxylic acid groups (broad SMARTS) is 1. The highest BCUT2D eigenvalue weighted by molar-refractivity contribution is 7.19. The summed E-state index contributed by atoms with van der Waals surface area (Å²) in [5.41, 5.74) is 2.04. The number of nitrogens with zero attached hydrogens (tertiary/aromatic N) is 1. The van der Waals surface area contributed by atoms with Gasteiger partial charge in [0, 0.05) is 22.9 Å². The molecule has 0 aliphatic carbocycles. The molecule has 3 aromatic carbocycles. The molecule has 0 saturated carbocycles. The first-order chi connectivity index (χ1) is 17.0. The fourth-order valence-electron chi connectivity index (χ4n) is 3.32. The van der Waals surface area contributed by atoms with Crippen LogP contribution in [0.2, 0.25) is 0 Å². The van der Waals surface area contributed by atoms with E-state index in [1.807, 2.05) is 24.3 Å². The Morgan fingerprint density at radius 3 is 2.40 bits per heavy atom. The van der Waals surface area contributed by atoms with Gasteiger partial charge in [0.2, 0.25) is 0 Å². The van der Waals surface area contributed by atoms with Crippen molar-refractivity contribution in [1.82, 2.24) is 4.98 Å². The van der Waals surface area contributed by atoms with Crippen molar-refractivity contribution in [3.63, 3.8) is 0 Å². The number of anilines is 1. The van der Waals surface area contributed by atoms with Gasteiger partial charge in [-0.3, -0.25) is 10.1 Å². The lowest BCUT2D eigenvalue weighted by Gasteiger charge is -2.13. The van der Waals surface area contributed by atoms with Crippen LogP contribution in [0.25, 0.3) is 10.4 Å². The van der Waals surface area contributed by atoms with E-state index in [9.17, 15) is 14.7 Å². The monoisotopic (exact) mass is 490 g/mol. The van der Waals surface area contributed by atoms with Gasteiger partial charge in [0.05, 0.1) is 24.7 Å². The van der Waals surface area contributed by atoms with Crippen molar-refractivity contribution in [3.05, 3.63) is 89.6 Å². The summed E-state index contributed by atoms with van der Waals surface area (Å²) in [4.78, 5) is 29.1. The van der Waals surface area contributed by atoms with Gasteiger partial charge in [-0.1, -0.05) is 29.5 Å². The van der Waals surface area contributed by atoms with E-state index >= 15 is 0 Å². The zero-order chi connectivity index (χ0) is 24.8. The fraction of sp³-hybridized carbons (Fsp3) is 0.115. The van der Waals surface area contributed by atoms with Gasteiger partial charge in [-0.2, -0.15) is 0 Å². The Balaban J connectivity index is 1.57. The summed E-state index contributed by atoms with van der Waals surface area (Å²) in [6, 6.07) is 18.8. The molecular formula is C26H22N2O6S. The quantitative estimate of drug-likeness (QED) is 0.325. The molecule has 0 aliphatic heterocycles. The zero-order valence-electron chi connectivity index (χ0n) is 19.0. The maximum Gasteiger partial charge on any atom is 0.335 e. The lowest BCUT2D eigenvalue weighted by Crippen LogP contribution is -2.11. The van der Waals surface area contributed by atoms with E-state index in [-0.39, 0.29) is 18.1 Å². The van der Waals surface area contributed by atoms with Crippen molar-refractivity contribution in [3.8, 4) is 27.7 Å². The number of rotatable bonds is 9. The number of carbonyl (C=O) groups excluding carboxylic acids is 1. The number of nitrogens with one attached hydrogen (secondary N) is 1. The number of hydrogen-bond donors (Lipinski definition) is 2. The second kappa shape index (κ2) is 10.7. The molecular weight excluding hydrogens is 468 g/mol. The van der Waals surface area contributed by atoms with Crippen molar-refractivity contribution in [2.45, 2.75) is 6.61 Å². The molecule has 178 valence electrons. The standard InChI is InChI=1S/C26H22N2O6S/c1-32-19-10-7-16(8-11-19)24(29)28-26-27-14-23(35-26)20-12-9-17(25(30)31)13-22(20)34-15-18-5-3-4-6-21(18)33-2/h3-14H,15H2,1-2H3,(H,30,31)(H,27,28,29). The summed E-state index contributed by atoms with van der Waals surface area (Å²) in [5, 5.41) is 12.6. The molecule has 9 heteroatoms. The Morgan fingerprint density at radius 2 is 1.69 bits per heavy atom. The molecule has 0 bridgehead atoms. The van der Waals surface area contributed by atoms with Gasteiger partial charge >= 0.3 is 5.97 Å². The van der Waals surface area contributed by atoms with Gasteiger partial charge in [-0.05, 0) is 48.5 Å². The third kappa shape index (κ3) is 5.59. The minimum atomic E-state index is -1.06. The summed E-state index contributed by atoms with van der Waals surface area (Å²) in [6.45, 7) is 0.181. The van der Waals surface area contributed by atoms with Crippen LogP contribution in [0.5, 0.6) is 17.2 Å². The average Bonchev–Trinajstić information content (AvgIpc) is 3.35. The molecule has 4 rings (SSSR count). The van der Waals surface area contributed by atoms with Gasteiger partial charge in [0.1, 0.15) is 23.9 Å². The van der Waals surface area contributed by atoms with E-state index in [1.54, 1.807) is 50.7 Å². The SMILES string of the molecule is COc1ccc(C(=O)Nc2ncc(-c3ccc(C(=O)O)cc3OCc3ccccc3OC)s2)cc1. The van der Waals surface area contributed by atoms with Crippen LogP contribution in [0.3, 0.4) is 0 Å². The molecule has 1 aromatic heterocycles. The van der Waals surface area contributed by atoms with E-state index in [0.29, 0.717) is 38.4 Å². The smallest absolute Gasteiger partial charge is 0.335 e. The molecule has 35 heavy (non-hydrogen) atoms. The second-order valence-electron chi connectivity index (χ2n) is 7.33. The number of ether oxygens (including phenoxy) is 3. The van der Waals surface area contributed by atoms with E-state index in [1.165, 1.54) is 23.5 Å². The van der Waals surface area contributed by atoms with Gasteiger partial charge in [0.15, 0.2) is 5.13 Å². The van der Waals surface area contributed by atoms with Gasteiger partial charge in [-0.15, -0.1) is 0 Å². The number of aromatic nitrogens is 1. The molecule has 0 aliphatic rings. The minimum absolute atomic E-state index is 0.0984. The summed E-state index contributed by atoms with van der Waals surface area (Å²) < 4.78 is 16.5. The number of aromatic carboxylic acids is 1. The predicted octanol–water partition coefficient (Wildman–Crippen LogP) is 5.36. The van der Waals surface area contributed by atoms with Crippen molar-refractivity contribution in [2.75, 3.05) is 19.5 Å². The minimum Gasteiger partial charge on any atom is -0.497 e. The van der Waals surface area contributed by atoms with Crippen molar-refractivity contribution in [1.29, 1.82) is 0 Å². The average molecular weight is 491 g/mol. The first-order valence-corrected chi connectivity index (χ1v) is 11.3. The van der Waals surface area contributed by atoms with Crippen LogP contribution >= 0.6 is 11.3 Å². The van der Waals surface area contributed by atoms with Gasteiger partial charge in [0.25, 0.3) is 5.91 Å². The number of hydrogen-bond acceptors (Lipinski definition) is 7. The van der Waals surface area contributed by atoms with Crippen LogP contribution in [0.4, 0.5) is 5.13 Å². The Labute approximate surface area is 205 Å². The molecule has 2 N–H and O–H groups in total. The summed E-state index contributed by atoms with van der Waals surface area (Å²) >= 11 is 1.25. The van der Waals surface area contributed by atoms with Crippen LogP contribution < -0.4 is 19.5 Å². The normalized spacial score (nSPS) is 10.5. The van der Waals surface area contributed by atoms with Crippen LogP contribution in [0.1, 0.15) is 26.3 Å². The number of para-hydroxylation sites is 1. The molecule has 0 radical (unpaired) electrons. The Kier molecular flexibility index (Phi) is 7.27. The first-order valence-electron chi connectivity index (χ1n) is 10.5. The van der Waals surface area contributed by atoms with Crippen molar-refractivity contribution < 1.29 is 28.9 Å². The summed E-state index contributed by atoms with van der Waals surface area (Å²) in [6.07, 6.45) is 1.61. The van der Waals surface area contributed by atoms with E-state index in [4.69, 9.17) is 14.2 Å². The molecule has 1 amide bonds. The second-order valence-corrected chi connectivity index (χ2v) is 8.36. The summed E-state index contributed by atoms with van der Waals surface area (Å²) in [5.74, 6) is 0.346. The molecule has 0 unspecified atom stereocenters. The Hall–Kier alpha value is -4.37. The topological polar surface area (TPSA) is 107 Å². The molecule has 8 nitrogen and oxygen atoms in total.